The number of likely N-dealkylation sites (N-methyl/N-ethyl adjacent to an activating group) is 1. The number of rotatable bonds is 8. The molecule has 0 saturated heterocycles. The molecule has 1 aromatic carbocycles. The van der Waals surface area contributed by atoms with E-state index < -0.39 is 0 Å². The van der Waals surface area contributed by atoms with Crippen LogP contribution in [0.15, 0.2) is 36.4 Å². The molecular formula is C18H25N5O. The van der Waals surface area contributed by atoms with Crippen molar-refractivity contribution in [3.63, 3.8) is 0 Å². The lowest BCUT2D eigenvalue weighted by Gasteiger charge is -2.11. The summed E-state index contributed by atoms with van der Waals surface area (Å²) < 4.78 is 0. The van der Waals surface area contributed by atoms with Gasteiger partial charge in [0.1, 0.15) is 5.69 Å². The Morgan fingerprint density at radius 3 is 2.58 bits per heavy atom. The van der Waals surface area contributed by atoms with Crippen molar-refractivity contribution < 1.29 is 4.79 Å². The van der Waals surface area contributed by atoms with Gasteiger partial charge in [-0.15, -0.1) is 0 Å². The number of hydrogen-bond donors (Lipinski definition) is 2. The predicted molar refractivity (Wildman–Crippen MR) is 96.3 cm³/mol. The van der Waals surface area contributed by atoms with Crippen molar-refractivity contribution in [2.45, 2.75) is 13.3 Å². The lowest BCUT2D eigenvalue weighted by molar-refractivity contribution is 0.0946. The van der Waals surface area contributed by atoms with E-state index in [9.17, 15) is 4.79 Å². The zero-order valence-electron chi connectivity index (χ0n) is 14.5. The lowest BCUT2D eigenvalue weighted by atomic mass is 10.1. The third kappa shape index (κ3) is 5.96. The van der Waals surface area contributed by atoms with Crippen molar-refractivity contribution in [1.82, 2.24) is 20.2 Å². The highest BCUT2D eigenvalue weighted by Crippen LogP contribution is 2.06. The van der Waals surface area contributed by atoms with Crippen LogP contribution in [0.3, 0.4) is 0 Å². The van der Waals surface area contributed by atoms with Gasteiger partial charge in [-0.2, -0.15) is 0 Å². The van der Waals surface area contributed by atoms with Gasteiger partial charge in [-0.25, -0.2) is 9.97 Å². The van der Waals surface area contributed by atoms with Gasteiger partial charge in [0.25, 0.3) is 5.91 Å². The van der Waals surface area contributed by atoms with Crippen LogP contribution < -0.4 is 10.6 Å². The maximum absolute atomic E-state index is 12.2. The summed E-state index contributed by atoms with van der Waals surface area (Å²) >= 11 is 0. The Balaban J connectivity index is 1.91. The van der Waals surface area contributed by atoms with Crippen molar-refractivity contribution >= 4 is 11.9 Å². The SMILES string of the molecule is Cc1cc(C(=O)NCCN(C)C)nc(NCCc2ccccc2)n1. The van der Waals surface area contributed by atoms with E-state index >= 15 is 0 Å². The van der Waals surface area contributed by atoms with Crippen LogP contribution in [0.2, 0.25) is 0 Å². The Bertz CT molecular complexity index is 658. The zero-order valence-corrected chi connectivity index (χ0v) is 14.5. The van der Waals surface area contributed by atoms with Gasteiger partial charge in [0.05, 0.1) is 0 Å². The molecular weight excluding hydrogens is 302 g/mol. The van der Waals surface area contributed by atoms with E-state index in [2.05, 4.69) is 32.7 Å². The number of carbonyl (C=O) groups excluding carboxylic acids is 1. The summed E-state index contributed by atoms with van der Waals surface area (Å²) in [6.07, 6.45) is 0.877. The van der Waals surface area contributed by atoms with E-state index in [1.807, 2.05) is 44.1 Å². The minimum Gasteiger partial charge on any atom is -0.354 e. The highest BCUT2D eigenvalue weighted by molar-refractivity contribution is 5.92. The number of hydrogen-bond acceptors (Lipinski definition) is 5. The summed E-state index contributed by atoms with van der Waals surface area (Å²) in [7, 11) is 3.94. The van der Waals surface area contributed by atoms with Crippen LogP contribution in [-0.2, 0) is 6.42 Å². The van der Waals surface area contributed by atoms with Gasteiger partial charge in [0, 0.05) is 25.3 Å². The first-order valence-electron chi connectivity index (χ1n) is 8.11. The fourth-order valence-corrected chi connectivity index (χ4v) is 2.21. The molecule has 0 fully saturated rings. The minimum atomic E-state index is -0.173. The summed E-state index contributed by atoms with van der Waals surface area (Å²) in [5.74, 6) is 0.317. The maximum Gasteiger partial charge on any atom is 0.270 e. The zero-order chi connectivity index (χ0) is 17.4. The Kier molecular flexibility index (Phi) is 6.69. The van der Waals surface area contributed by atoms with Crippen LogP contribution >= 0.6 is 0 Å². The number of nitrogens with zero attached hydrogens (tertiary/aromatic N) is 3. The first kappa shape index (κ1) is 17.9. The standard InChI is InChI=1S/C18H25N5O/c1-14-13-16(17(24)19-11-12-23(2)3)22-18(21-14)20-10-9-15-7-5-4-6-8-15/h4-8,13H,9-12H2,1-3H3,(H,19,24)(H,20,21,22). The molecule has 0 atom stereocenters. The molecule has 6 nitrogen and oxygen atoms in total. The van der Waals surface area contributed by atoms with Gasteiger partial charge in [-0.05, 0) is 39.1 Å². The summed E-state index contributed by atoms with van der Waals surface area (Å²) in [5, 5.41) is 6.06. The van der Waals surface area contributed by atoms with Gasteiger partial charge < -0.3 is 15.5 Å². The smallest absolute Gasteiger partial charge is 0.270 e. The molecule has 0 unspecified atom stereocenters. The summed E-state index contributed by atoms with van der Waals surface area (Å²) in [6, 6.07) is 11.9. The molecule has 0 spiro atoms. The van der Waals surface area contributed by atoms with E-state index in [1.165, 1.54) is 5.56 Å². The largest absolute Gasteiger partial charge is 0.354 e. The Morgan fingerprint density at radius 1 is 1.12 bits per heavy atom. The Morgan fingerprint density at radius 2 is 1.88 bits per heavy atom. The van der Waals surface area contributed by atoms with Crippen LogP contribution in [0.5, 0.6) is 0 Å². The highest BCUT2D eigenvalue weighted by Gasteiger charge is 2.10. The number of carbonyl (C=O) groups is 1. The van der Waals surface area contributed by atoms with Crippen LogP contribution in [0, 0.1) is 6.92 Å². The second-order valence-electron chi connectivity index (χ2n) is 5.94. The van der Waals surface area contributed by atoms with E-state index in [4.69, 9.17) is 0 Å². The lowest BCUT2D eigenvalue weighted by Crippen LogP contribution is -2.32. The number of benzene rings is 1. The van der Waals surface area contributed by atoms with E-state index in [1.54, 1.807) is 6.07 Å². The molecule has 0 saturated carbocycles. The fourth-order valence-electron chi connectivity index (χ4n) is 2.21. The van der Waals surface area contributed by atoms with Gasteiger partial charge in [-0.3, -0.25) is 4.79 Å². The molecule has 0 aliphatic heterocycles. The van der Waals surface area contributed by atoms with Crippen molar-refractivity contribution in [3.8, 4) is 0 Å². The average Bonchev–Trinajstić information content (AvgIpc) is 2.55. The predicted octanol–water partition coefficient (Wildman–Crippen LogP) is 1.73. The topological polar surface area (TPSA) is 70.2 Å². The fraction of sp³-hybridized carbons (Fsp3) is 0.389. The second kappa shape index (κ2) is 8.98. The molecule has 2 rings (SSSR count). The van der Waals surface area contributed by atoms with Crippen LogP contribution in [0.1, 0.15) is 21.7 Å². The molecule has 1 aromatic heterocycles. The molecule has 0 aliphatic carbocycles. The molecule has 24 heavy (non-hydrogen) atoms. The average molecular weight is 327 g/mol. The molecule has 128 valence electrons. The van der Waals surface area contributed by atoms with E-state index in [0.717, 1.165) is 25.2 Å². The van der Waals surface area contributed by atoms with Crippen molar-refractivity contribution in [2.75, 3.05) is 39.0 Å². The molecule has 6 heteroatoms. The third-order valence-electron chi connectivity index (χ3n) is 3.47. The summed E-state index contributed by atoms with van der Waals surface area (Å²) in [4.78, 5) is 22.9. The molecule has 1 heterocycles. The first-order chi connectivity index (χ1) is 11.5. The van der Waals surface area contributed by atoms with Gasteiger partial charge in [0.15, 0.2) is 0 Å². The van der Waals surface area contributed by atoms with Crippen molar-refractivity contribution in [3.05, 3.63) is 53.3 Å². The Hall–Kier alpha value is -2.47. The molecule has 2 N–H and O–H groups in total. The molecule has 0 radical (unpaired) electrons. The minimum absolute atomic E-state index is 0.173. The Labute approximate surface area is 143 Å². The first-order valence-corrected chi connectivity index (χ1v) is 8.11. The normalized spacial score (nSPS) is 10.7. The number of aromatic nitrogens is 2. The maximum atomic E-state index is 12.2. The quantitative estimate of drug-likeness (QED) is 0.773. The molecule has 0 bridgehead atoms. The van der Waals surface area contributed by atoms with Gasteiger partial charge in [0.2, 0.25) is 5.95 Å². The van der Waals surface area contributed by atoms with Crippen LogP contribution in [-0.4, -0.2) is 54.5 Å². The number of anilines is 1. The van der Waals surface area contributed by atoms with Crippen LogP contribution in [0.25, 0.3) is 0 Å². The monoisotopic (exact) mass is 327 g/mol. The number of aryl methyl sites for hydroxylation is 1. The van der Waals surface area contributed by atoms with Crippen molar-refractivity contribution in [1.29, 1.82) is 0 Å². The van der Waals surface area contributed by atoms with Crippen LogP contribution in [0.4, 0.5) is 5.95 Å². The summed E-state index contributed by atoms with van der Waals surface area (Å²) in [5.41, 5.74) is 2.41. The molecule has 0 aliphatic rings. The van der Waals surface area contributed by atoms with E-state index in [-0.39, 0.29) is 5.91 Å². The summed E-state index contributed by atoms with van der Waals surface area (Å²) in [6.45, 7) is 3.96. The number of nitrogens with one attached hydrogen (secondary N) is 2. The molecule has 2 aromatic rings. The van der Waals surface area contributed by atoms with Gasteiger partial charge >= 0.3 is 0 Å². The number of amides is 1. The highest BCUT2D eigenvalue weighted by atomic mass is 16.1. The third-order valence-corrected chi connectivity index (χ3v) is 3.47. The van der Waals surface area contributed by atoms with Gasteiger partial charge in [-0.1, -0.05) is 30.3 Å². The van der Waals surface area contributed by atoms with Crippen molar-refractivity contribution in [2.24, 2.45) is 0 Å². The van der Waals surface area contributed by atoms with E-state index in [0.29, 0.717) is 18.2 Å². The molecule has 1 amide bonds. The second-order valence-corrected chi connectivity index (χ2v) is 5.94.